The van der Waals surface area contributed by atoms with Crippen LogP contribution in [-0.4, -0.2) is 16.6 Å². The number of ether oxygens (including phenoxy) is 2. The number of non-ortho nitro benzene ring substituents is 1. The van der Waals surface area contributed by atoms with Gasteiger partial charge in [0.05, 0.1) is 9.95 Å². The van der Waals surface area contributed by atoms with E-state index in [4.69, 9.17) is 21.1 Å². The van der Waals surface area contributed by atoms with Gasteiger partial charge in [-0.05, 0) is 39.0 Å². The summed E-state index contributed by atoms with van der Waals surface area (Å²) < 4.78 is 10.8. The first-order valence-corrected chi connectivity index (χ1v) is 7.74. The molecule has 0 aliphatic heterocycles. The number of benzene rings is 2. The molecule has 1 N–H and O–H groups in total. The van der Waals surface area contributed by atoms with Crippen molar-refractivity contribution < 1.29 is 19.2 Å². The van der Waals surface area contributed by atoms with Gasteiger partial charge < -0.3 is 9.47 Å². The van der Waals surface area contributed by atoms with Gasteiger partial charge in [0, 0.05) is 23.9 Å². The van der Waals surface area contributed by atoms with Gasteiger partial charge in [0.15, 0.2) is 0 Å². The van der Waals surface area contributed by atoms with Gasteiger partial charge in [0.1, 0.15) is 17.1 Å². The monoisotopic (exact) mass is 364 g/mol. The molecule has 2 aromatic rings. The number of nitrogens with zero attached hydrogens (tertiary/aromatic N) is 1. The molecule has 0 spiro atoms. The van der Waals surface area contributed by atoms with Gasteiger partial charge in [-0.1, -0.05) is 17.7 Å². The maximum atomic E-state index is 11.8. The summed E-state index contributed by atoms with van der Waals surface area (Å²) in [4.78, 5) is 22.0. The van der Waals surface area contributed by atoms with Gasteiger partial charge in [0.25, 0.3) is 5.69 Å². The third-order valence-electron chi connectivity index (χ3n) is 2.83. The van der Waals surface area contributed by atoms with Crippen molar-refractivity contribution in [1.82, 2.24) is 0 Å². The number of nitro benzene ring substituents is 1. The number of nitrogens with one attached hydrogen (secondary N) is 1. The molecule has 0 bridgehead atoms. The number of nitro groups is 1. The molecular formula is C17H17ClN2O5. The van der Waals surface area contributed by atoms with Crippen molar-refractivity contribution >= 4 is 29.1 Å². The number of anilines is 1. The molecule has 0 aromatic heterocycles. The normalized spacial score (nSPS) is 10.9. The van der Waals surface area contributed by atoms with Crippen LogP contribution in [-0.2, 0) is 4.74 Å². The SMILES string of the molecule is CC(C)(C)OC(=O)Nc1cccc(Oc2ccc([N+](=O)[O-])cc2Cl)c1. The average molecular weight is 365 g/mol. The first-order valence-electron chi connectivity index (χ1n) is 7.36. The van der Waals surface area contributed by atoms with Crippen LogP contribution in [0, 0.1) is 10.1 Å². The minimum atomic E-state index is -0.607. The van der Waals surface area contributed by atoms with Crippen LogP contribution in [0.2, 0.25) is 5.02 Å². The Hall–Kier alpha value is -2.80. The zero-order valence-corrected chi connectivity index (χ0v) is 14.7. The molecule has 0 saturated carbocycles. The van der Waals surface area contributed by atoms with Crippen molar-refractivity contribution in [3.05, 3.63) is 57.6 Å². The summed E-state index contributed by atoms with van der Waals surface area (Å²) in [7, 11) is 0. The molecule has 0 radical (unpaired) electrons. The fourth-order valence-electron chi connectivity index (χ4n) is 1.87. The molecule has 0 saturated heterocycles. The summed E-state index contributed by atoms with van der Waals surface area (Å²) in [6, 6.07) is 10.5. The Bertz CT molecular complexity index is 802. The highest BCUT2D eigenvalue weighted by Gasteiger charge is 2.16. The van der Waals surface area contributed by atoms with Crippen molar-refractivity contribution in [2.75, 3.05) is 5.32 Å². The molecule has 0 fully saturated rings. The molecule has 0 aliphatic rings. The molecule has 8 heteroatoms. The van der Waals surface area contributed by atoms with Gasteiger partial charge in [0.2, 0.25) is 0 Å². The number of carbonyl (C=O) groups excluding carboxylic acids is 1. The molecule has 1 amide bonds. The highest BCUT2D eigenvalue weighted by molar-refractivity contribution is 6.32. The third kappa shape index (κ3) is 5.65. The van der Waals surface area contributed by atoms with Crippen LogP contribution in [0.25, 0.3) is 0 Å². The predicted molar refractivity (Wildman–Crippen MR) is 94.5 cm³/mol. The number of hydrogen-bond acceptors (Lipinski definition) is 5. The van der Waals surface area contributed by atoms with E-state index in [1.54, 1.807) is 45.0 Å². The van der Waals surface area contributed by atoms with Gasteiger partial charge in [-0.15, -0.1) is 0 Å². The van der Waals surface area contributed by atoms with E-state index in [-0.39, 0.29) is 16.5 Å². The molecule has 132 valence electrons. The summed E-state index contributed by atoms with van der Waals surface area (Å²) in [6.45, 7) is 5.30. The van der Waals surface area contributed by atoms with E-state index in [0.29, 0.717) is 11.4 Å². The minimum Gasteiger partial charge on any atom is -0.456 e. The van der Waals surface area contributed by atoms with Crippen LogP contribution in [0.15, 0.2) is 42.5 Å². The standard InChI is InChI=1S/C17H17ClN2O5/c1-17(2,3)25-16(21)19-11-5-4-6-13(9-11)24-15-8-7-12(20(22)23)10-14(15)18/h4-10H,1-3H3,(H,19,21). The van der Waals surface area contributed by atoms with E-state index in [1.165, 1.54) is 18.2 Å². The minimum absolute atomic E-state index is 0.111. The van der Waals surface area contributed by atoms with E-state index in [2.05, 4.69) is 5.32 Å². The Labute approximate surface area is 149 Å². The molecule has 2 rings (SSSR count). The quantitative estimate of drug-likeness (QED) is 0.580. The van der Waals surface area contributed by atoms with Crippen molar-refractivity contribution in [2.24, 2.45) is 0 Å². The first-order chi connectivity index (χ1) is 11.6. The van der Waals surface area contributed by atoms with E-state index < -0.39 is 16.6 Å². The van der Waals surface area contributed by atoms with E-state index in [9.17, 15) is 14.9 Å². The zero-order chi connectivity index (χ0) is 18.6. The van der Waals surface area contributed by atoms with Crippen LogP contribution in [0.4, 0.5) is 16.2 Å². The molecule has 7 nitrogen and oxygen atoms in total. The number of halogens is 1. The Morgan fingerprint density at radius 2 is 1.92 bits per heavy atom. The van der Waals surface area contributed by atoms with Gasteiger partial charge in [-0.3, -0.25) is 15.4 Å². The maximum Gasteiger partial charge on any atom is 0.412 e. The summed E-state index contributed by atoms with van der Waals surface area (Å²) in [6.07, 6.45) is -0.585. The smallest absolute Gasteiger partial charge is 0.412 e. The van der Waals surface area contributed by atoms with Crippen molar-refractivity contribution in [3.63, 3.8) is 0 Å². The summed E-state index contributed by atoms with van der Waals surface area (Å²) in [5.41, 5.74) is -0.257. The molecule has 2 aromatic carbocycles. The number of hydrogen-bond donors (Lipinski definition) is 1. The highest BCUT2D eigenvalue weighted by Crippen LogP contribution is 2.33. The summed E-state index contributed by atoms with van der Waals surface area (Å²) in [5, 5.41) is 13.4. The Kier molecular flexibility index (Phi) is 5.48. The fourth-order valence-corrected chi connectivity index (χ4v) is 2.09. The van der Waals surface area contributed by atoms with Gasteiger partial charge in [-0.2, -0.15) is 0 Å². The number of carbonyl (C=O) groups is 1. The van der Waals surface area contributed by atoms with Crippen LogP contribution in [0.1, 0.15) is 20.8 Å². The molecule has 0 aliphatic carbocycles. The first kappa shape index (κ1) is 18.5. The topological polar surface area (TPSA) is 90.7 Å². The maximum absolute atomic E-state index is 11.8. The summed E-state index contributed by atoms with van der Waals surface area (Å²) >= 11 is 6.00. The van der Waals surface area contributed by atoms with Crippen molar-refractivity contribution in [3.8, 4) is 11.5 Å². The van der Waals surface area contributed by atoms with Crippen LogP contribution < -0.4 is 10.1 Å². The molecule has 0 unspecified atom stereocenters. The Morgan fingerprint density at radius 3 is 2.52 bits per heavy atom. The lowest BCUT2D eigenvalue weighted by atomic mass is 10.2. The third-order valence-corrected chi connectivity index (χ3v) is 3.13. The molecule has 0 atom stereocenters. The lowest BCUT2D eigenvalue weighted by Crippen LogP contribution is -2.27. The van der Waals surface area contributed by atoms with E-state index in [0.717, 1.165) is 0 Å². The van der Waals surface area contributed by atoms with Gasteiger partial charge in [-0.25, -0.2) is 4.79 Å². The van der Waals surface area contributed by atoms with Crippen LogP contribution >= 0.6 is 11.6 Å². The highest BCUT2D eigenvalue weighted by atomic mass is 35.5. The lowest BCUT2D eigenvalue weighted by Gasteiger charge is -2.19. The van der Waals surface area contributed by atoms with Crippen molar-refractivity contribution in [1.29, 1.82) is 0 Å². The largest absolute Gasteiger partial charge is 0.456 e. The van der Waals surface area contributed by atoms with Gasteiger partial charge >= 0.3 is 6.09 Å². The second-order valence-corrected chi connectivity index (χ2v) is 6.54. The van der Waals surface area contributed by atoms with Crippen molar-refractivity contribution in [2.45, 2.75) is 26.4 Å². The second kappa shape index (κ2) is 7.40. The summed E-state index contributed by atoms with van der Waals surface area (Å²) in [5.74, 6) is 0.672. The average Bonchev–Trinajstić information content (AvgIpc) is 2.47. The predicted octanol–water partition coefficient (Wildman–Crippen LogP) is 5.39. The second-order valence-electron chi connectivity index (χ2n) is 6.13. The van der Waals surface area contributed by atoms with E-state index in [1.807, 2.05) is 0 Å². The number of amides is 1. The Morgan fingerprint density at radius 1 is 1.20 bits per heavy atom. The number of rotatable bonds is 4. The zero-order valence-electron chi connectivity index (χ0n) is 13.9. The van der Waals surface area contributed by atoms with Crippen LogP contribution in [0.3, 0.4) is 0 Å². The molecule has 0 heterocycles. The lowest BCUT2D eigenvalue weighted by molar-refractivity contribution is -0.384. The molecular weight excluding hydrogens is 348 g/mol. The van der Waals surface area contributed by atoms with Crippen LogP contribution in [0.5, 0.6) is 11.5 Å². The van der Waals surface area contributed by atoms with E-state index >= 15 is 0 Å². The molecule has 25 heavy (non-hydrogen) atoms. The Balaban J connectivity index is 2.11. The fraction of sp³-hybridized carbons (Fsp3) is 0.235.